The number of rotatable bonds is 7. The highest BCUT2D eigenvalue weighted by Gasteiger charge is 2.27. The van der Waals surface area contributed by atoms with Gasteiger partial charge in [0, 0.05) is 48.0 Å². The lowest BCUT2D eigenvalue weighted by Gasteiger charge is -2.26. The Morgan fingerprint density at radius 1 is 1.26 bits per heavy atom. The van der Waals surface area contributed by atoms with Crippen LogP contribution in [0.25, 0.3) is 10.9 Å². The Bertz CT molecular complexity index is 1370. The summed E-state index contributed by atoms with van der Waals surface area (Å²) in [5.41, 5.74) is 5.15. The van der Waals surface area contributed by atoms with E-state index in [4.69, 9.17) is 33.3 Å². The van der Waals surface area contributed by atoms with Crippen LogP contribution in [0, 0.1) is 0 Å². The number of sulfonamides is 1. The van der Waals surface area contributed by atoms with Gasteiger partial charge in [-0.25, -0.2) is 8.42 Å². The maximum Gasteiger partial charge on any atom is 0.243 e. The number of morpholine rings is 1. The van der Waals surface area contributed by atoms with Gasteiger partial charge < -0.3 is 19.4 Å². The topological polar surface area (TPSA) is 97.2 Å². The second-order valence-electron chi connectivity index (χ2n) is 7.74. The van der Waals surface area contributed by atoms with Gasteiger partial charge in [0.2, 0.25) is 10.0 Å². The van der Waals surface area contributed by atoms with E-state index in [1.807, 2.05) is 23.8 Å². The normalized spacial score (nSPS) is 14.9. The maximum atomic E-state index is 13.1. The number of hydrogen-bond acceptors (Lipinski definition) is 6. The number of fused-ring (bicyclic) bond motifs is 1. The van der Waals surface area contributed by atoms with Gasteiger partial charge in [-0.2, -0.15) is 9.41 Å². The number of ether oxygens (including phenoxy) is 2. The van der Waals surface area contributed by atoms with Gasteiger partial charge in [-0.05, 0) is 55.5 Å². The zero-order chi connectivity index (χ0) is 25.0. The molecular formula is C23H26ClN5O4S2. The molecule has 35 heavy (non-hydrogen) atoms. The second-order valence-corrected chi connectivity index (χ2v) is 10.5. The van der Waals surface area contributed by atoms with E-state index in [-0.39, 0.29) is 10.0 Å². The fourth-order valence-electron chi connectivity index (χ4n) is 3.83. The Morgan fingerprint density at radius 3 is 2.71 bits per heavy atom. The van der Waals surface area contributed by atoms with Crippen molar-refractivity contribution in [2.45, 2.75) is 18.4 Å². The molecule has 1 fully saturated rings. The number of aryl methyl sites for hydroxylation is 1. The lowest BCUT2D eigenvalue weighted by molar-refractivity contribution is 0.0730. The summed E-state index contributed by atoms with van der Waals surface area (Å²) >= 11 is 11.5. The molecule has 1 aromatic heterocycles. The lowest BCUT2D eigenvalue weighted by Crippen LogP contribution is -2.40. The third-order valence-corrected chi connectivity index (χ3v) is 7.99. The number of thiocarbonyl (C=S) groups is 1. The average molecular weight is 536 g/mol. The second kappa shape index (κ2) is 10.9. The van der Waals surface area contributed by atoms with Crippen LogP contribution in [-0.4, -0.2) is 62.0 Å². The van der Waals surface area contributed by atoms with E-state index in [1.165, 1.54) is 4.31 Å². The minimum absolute atomic E-state index is 0.247. The van der Waals surface area contributed by atoms with E-state index in [0.717, 1.165) is 23.0 Å². The van der Waals surface area contributed by atoms with E-state index in [0.29, 0.717) is 42.8 Å². The first-order valence-corrected chi connectivity index (χ1v) is 13.2. The van der Waals surface area contributed by atoms with Gasteiger partial charge in [0.25, 0.3) is 0 Å². The van der Waals surface area contributed by atoms with Gasteiger partial charge in [0.1, 0.15) is 5.75 Å². The summed E-state index contributed by atoms with van der Waals surface area (Å²) in [4.78, 5) is 0.247. The highest BCUT2D eigenvalue weighted by atomic mass is 35.5. The van der Waals surface area contributed by atoms with Crippen LogP contribution in [0.3, 0.4) is 0 Å². The lowest BCUT2D eigenvalue weighted by atomic mass is 10.2. The molecule has 0 spiro atoms. The van der Waals surface area contributed by atoms with Crippen LogP contribution >= 0.6 is 23.8 Å². The summed E-state index contributed by atoms with van der Waals surface area (Å²) < 4.78 is 40.2. The van der Waals surface area contributed by atoms with Crippen LogP contribution in [0.4, 0.5) is 5.69 Å². The molecule has 1 saturated heterocycles. The van der Waals surface area contributed by atoms with Gasteiger partial charge in [-0.15, -0.1) is 0 Å². The van der Waals surface area contributed by atoms with Gasteiger partial charge in [0.15, 0.2) is 5.11 Å². The zero-order valence-corrected chi connectivity index (χ0v) is 21.7. The van der Waals surface area contributed by atoms with Crippen LogP contribution in [0.15, 0.2) is 52.6 Å². The molecule has 0 unspecified atom stereocenters. The molecule has 0 radical (unpaired) electrons. The van der Waals surface area contributed by atoms with Crippen molar-refractivity contribution in [3.05, 3.63) is 53.2 Å². The highest BCUT2D eigenvalue weighted by Crippen LogP contribution is 2.28. The van der Waals surface area contributed by atoms with Gasteiger partial charge in [-0.3, -0.25) is 5.43 Å². The molecular weight excluding hydrogens is 510 g/mol. The van der Waals surface area contributed by atoms with Crippen molar-refractivity contribution in [1.82, 2.24) is 14.3 Å². The number of hydrogen-bond donors (Lipinski definition) is 2. The fourth-order valence-corrected chi connectivity index (χ4v) is 5.69. The van der Waals surface area contributed by atoms with Crippen molar-refractivity contribution >= 4 is 61.8 Å². The minimum atomic E-state index is -3.61. The molecule has 2 N–H and O–H groups in total. The molecule has 12 heteroatoms. The van der Waals surface area contributed by atoms with E-state index >= 15 is 0 Å². The predicted octanol–water partition coefficient (Wildman–Crippen LogP) is 3.66. The first kappa shape index (κ1) is 25.4. The molecule has 9 nitrogen and oxygen atoms in total. The van der Waals surface area contributed by atoms with Crippen molar-refractivity contribution in [3.8, 4) is 5.75 Å². The van der Waals surface area contributed by atoms with Gasteiger partial charge in [-0.1, -0.05) is 11.6 Å². The fraction of sp³-hybridized carbons (Fsp3) is 0.304. The van der Waals surface area contributed by atoms with Gasteiger partial charge in [0.05, 0.1) is 36.5 Å². The van der Waals surface area contributed by atoms with E-state index in [9.17, 15) is 8.42 Å². The molecule has 3 aromatic rings. The number of nitrogens with zero attached hydrogens (tertiary/aromatic N) is 3. The number of methoxy groups -OCH3 is 1. The molecule has 186 valence electrons. The van der Waals surface area contributed by atoms with Crippen molar-refractivity contribution in [2.24, 2.45) is 5.10 Å². The van der Waals surface area contributed by atoms with Crippen molar-refractivity contribution in [2.75, 3.05) is 38.7 Å². The molecule has 1 aliphatic rings. The van der Waals surface area contributed by atoms with Crippen molar-refractivity contribution in [1.29, 1.82) is 0 Å². The average Bonchev–Trinajstić information content (AvgIpc) is 3.22. The molecule has 0 amide bonds. The Morgan fingerprint density at radius 2 is 2.03 bits per heavy atom. The van der Waals surface area contributed by atoms with Crippen LogP contribution in [0.1, 0.15) is 12.5 Å². The molecule has 0 atom stereocenters. The first-order chi connectivity index (χ1) is 16.8. The maximum absolute atomic E-state index is 13.1. The number of aromatic nitrogens is 1. The molecule has 2 heterocycles. The Labute approximate surface area is 214 Å². The Balaban J connectivity index is 1.53. The number of halogens is 1. The van der Waals surface area contributed by atoms with Gasteiger partial charge >= 0.3 is 0 Å². The quantitative estimate of drug-likeness (QED) is 0.271. The monoisotopic (exact) mass is 535 g/mol. The molecule has 2 aromatic carbocycles. The number of nitrogens with one attached hydrogen (secondary N) is 2. The number of benzene rings is 2. The molecule has 0 aliphatic carbocycles. The van der Waals surface area contributed by atoms with Crippen LogP contribution in [0.2, 0.25) is 5.02 Å². The Kier molecular flexibility index (Phi) is 7.92. The number of anilines is 1. The first-order valence-electron chi connectivity index (χ1n) is 11.0. The highest BCUT2D eigenvalue weighted by molar-refractivity contribution is 7.89. The summed E-state index contributed by atoms with van der Waals surface area (Å²) in [6.45, 7) is 4.24. The third-order valence-electron chi connectivity index (χ3n) is 5.61. The van der Waals surface area contributed by atoms with E-state index in [2.05, 4.69) is 15.8 Å². The smallest absolute Gasteiger partial charge is 0.243 e. The molecule has 4 rings (SSSR count). The summed E-state index contributed by atoms with van der Waals surface area (Å²) in [5.74, 6) is 0.566. The van der Waals surface area contributed by atoms with Crippen LogP contribution < -0.4 is 15.5 Å². The summed E-state index contributed by atoms with van der Waals surface area (Å²) in [6.07, 6.45) is 3.55. The van der Waals surface area contributed by atoms with E-state index < -0.39 is 10.0 Å². The third kappa shape index (κ3) is 5.60. The molecule has 0 saturated carbocycles. The Hall–Kier alpha value is -2.70. The zero-order valence-electron chi connectivity index (χ0n) is 19.3. The minimum Gasteiger partial charge on any atom is -0.495 e. The van der Waals surface area contributed by atoms with Crippen molar-refractivity contribution < 1.29 is 17.9 Å². The van der Waals surface area contributed by atoms with Crippen molar-refractivity contribution in [3.63, 3.8) is 0 Å². The largest absolute Gasteiger partial charge is 0.495 e. The molecule has 0 bridgehead atoms. The van der Waals surface area contributed by atoms with Crippen LogP contribution in [-0.2, 0) is 21.3 Å². The standard InChI is InChI=1S/C23H26ClN5O4S2/c1-3-28-15-16(14-25-27-23(34)26-17-4-7-22(32-2)20(24)12-17)19-13-18(5-6-21(19)28)35(30,31)29-8-10-33-11-9-29/h4-7,12-15H,3,8-11H2,1-2H3,(H2,26,27,34)/b25-14-. The summed E-state index contributed by atoms with van der Waals surface area (Å²) in [7, 11) is -2.06. The number of hydrazone groups is 1. The summed E-state index contributed by atoms with van der Waals surface area (Å²) in [5, 5.41) is 8.77. The SMILES string of the molecule is CCn1cc(/C=N\NC(=S)Nc2ccc(OC)c(Cl)c2)c2cc(S(=O)(=O)N3CCOCC3)ccc21. The predicted molar refractivity (Wildman–Crippen MR) is 142 cm³/mol. The summed E-state index contributed by atoms with van der Waals surface area (Å²) in [6, 6.07) is 10.4. The van der Waals surface area contributed by atoms with E-state index in [1.54, 1.807) is 43.7 Å². The molecule has 1 aliphatic heterocycles. The van der Waals surface area contributed by atoms with Crippen LogP contribution in [0.5, 0.6) is 5.75 Å².